The van der Waals surface area contributed by atoms with Crippen LogP contribution in [0.4, 0.5) is 0 Å². The van der Waals surface area contributed by atoms with Crippen LogP contribution in [0.15, 0.2) is 23.6 Å². The molecule has 2 nitrogen and oxygen atoms in total. The standard InChI is InChI=1S/C11H21NO/c1-9(12-6)7-8-10(2)13-11(3,4)5/h7-8,12H,1-6H3/b9-7+,10-8+. The van der Waals surface area contributed by atoms with Crippen LogP contribution in [-0.2, 0) is 4.74 Å². The van der Waals surface area contributed by atoms with E-state index in [1.54, 1.807) is 0 Å². The molecule has 0 aliphatic carbocycles. The molecule has 76 valence electrons. The van der Waals surface area contributed by atoms with E-state index in [1.165, 1.54) is 0 Å². The van der Waals surface area contributed by atoms with E-state index in [-0.39, 0.29) is 5.60 Å². The van der Waals surface area contributed by atoms with Crippen LogP contribution in [0.5, 0.6) is 0 Å². The summed E-state index contributed by atoms with van der Waals surface area (Å²) in [5.74, 6) is 0.932. The van der Waals surface area contributed by atoms with Gasteiger partial charge in [0.2, 0.25) is 0 Å². The Labute approximate surface area is 81.7 Å². The first-order valence-corrected chi connectivity index (χ1v) is 4.57. The van der Waals surface area contributed by atoms with Gasteiger partial charge in [-0.05, 0) is 46.8 Å². The molecule has 0 spiro atoms. The van der Waals surface area contributed by atoms with Gasteiger partial charge < -0.3 is 10.1 Å². The molecule has 0 amide bonds. The maximum absolute atomic E-state index is 5.62. The van der Waals surface area contributed by atoms with E-state index < -0.39 is 0 Å². The first-order chi connectivity index (χ1) is 5.85. The predicted molar refractivity (Wildman–Crippen MR) is 57.4 cm³/mol. The number of hydrogen-bond acceptors (Lipinski definition) is 2. The van der Waals surface area contributed by atoms with Crippen molar-refractivity contribution in [2.24, 2.45) is 0 Å². The second-order valence-corrected chi connectivity index (χ2v) is 4.09. The summed E-state index contributed by atoms with van der Waals surface area (Å²) in [4.78, 5) is 0. The second kappa shape index (κ2) is 4.95. The quantitative estimate of drug-likeness (QED) is 0.536. The predicted octanol–water partition coefficient (Wildman–Crippen LogP) is 2.83. The minimum absolute atomic E-state index is 0.109. The highest BCUT2D eigenvalue weighted by Gasteiger charge is 2.10. The van der Waals surface area contributed by atoms with Crippen molar-refractivity contribution in [1.29, 1.82) is 0 Å². The van der Waals surface area contributed by atoms with Gasteiger partial charge in [0.1, 0.15) is 5.60 Å². The molecule has 0 bridgehead atoms. The fourth-order valence-electron chi connectivity index (χ4n) is 0.843. The van der Waals surface area contributed by atoms with Crippen LogP contribution in [0.1, 0.15) is 34.6 Å². The lowest BCUT2D eigenvalue weighted by molar-refractivity contribution is 0.0535. The average Bonchev–Trinajstić information content (AvgIpc) is 1.97. The Balaban J connectivity index is 4.19. The molecule has 0 aromatic carbocycles. The Morgan fingerprint density at radius 3 is 2.08 bits per heavy atom. The highest BCUT2D eigenvalue weighted by atomic mass is 16.5. The Kier molecular flexibility index (Phi) is 4.60. The lowest BCUT2D eigenvalue weighted by Crippen LogP contribution is -2.17. The normalized spacial score (nSPS) is 14.3. The Morgan fingerprint density at radius 2 is 1.69 bits per heavy atom. The van der Waals surface area contributed by atoms with E-state index in [0.717, 1.165) is 11.5 Å². The van der Waals surface area contributed by atoms with Crippen molar-refractivity contribution >= 4 is 0 Å². The summed E-state index contributed by atoms with van der Waals surface area (Å²) in [5, 5.41) is 3.04. The van der Waals surface area contributed by atoms with Crippen LogP contribution < -0.4 is 5.32 Å². The molecule has 0 radical (unpaired) electrons. The first kappa shape index (κ1) is 12.1. The zero-order valence-corrected chi connectivity index (χ0v) is 9.56. The van der Waals surface area contributed by atoms with Crippen LogP contribution in [-0.4, -0.2) is 12.6 Å². The van der Waals surface area contributed by atoms with Gasteiger partial charge in [0.25, 0.3) is 0 Å². The van der Waals surface area contributed by atoms with Gasteiger partial charge in [-0.25, -0.2) is 0 Å². The highest BCUT2D eigenvalue weighted by Crippen LogP contribution is 2.12. The molecule has 0 saturated heterocycles. The zero-order valence-electron chi connectivity index (χ0n) is 9.56. The van der Waals surface area contributed by atoms with Gasteiger partial charge in [-0.1, -0.05) is 0 Å². The number of ether oxygens (including phenoxy) is 1. The topological polar surface area (TPSA) is 21.3 Å². The molecule has 0 aromatic rings. The molecule has 0 rings (SSSR count). The molecule has 0 saturated carbocycles. The van der Waals surface area contributed by atoms with Crippen LogP contribution in [0.25, 0.3) is 0 Å². The van der Waals surface area contributed by atoms with E-state index in [1.807, 2.05) is 53.8 Å². The van der Waals surface area contributed by atoms with Gasteiger partial charge in [0, 0.05) is 12.7 Å². The summed E-state index contributed by atoms with van der Waals surface area (Å²) in [6, 6.07) is 0. The van der Waals surface area contributed by atoms with E-state index in [9.17, 15) is 0 Å². The monoisotopic (exact) mass is 183 g/mol. The Morgan fingerprint density at radius 1 is 1.15 bits per heavy atom. The van der Waals surface area contributed by atoms with Gasteiger partial charge in [0.05, 0.1) is 5.76 Å². The molecular formula is C11H21NO. The SMILES string of the molecule is CN/C(C)=C/C=C(\C)OC(C)(C)C. The number of rotatable bonds is 3. The van der Waals surface area contributed by atoms with E-state index >= 15 is 0 Å². The number of nitrogens with one attached hydrogen (secondary N) is 1. The third kappa shape index (κ3) is 7.44. The highest BCUT2D eigenvalue weighted by molar-refractivity contribution is 5.11. The molecule has 0 atom stereocenters. The fourth-order valence-corrected chi connectivity index (χ4v) is 0.843. The number of allylic oxidation sites excluding steroid dienone is 4. The summed E-state index contributed by atoms with van der Waals surface area (Å²) in [5.41, 5.74) is 1.01. The van der Waals surface area contributed by atoms with Crippen LogP contribution in [0, 0.1) is 0 Å². The Bertz CT molecular complexity index is 209. The van der Waals surface area contributed by atoms with Crippen molar-refractivity contribution in [3.8, 4) is 0 Å². The minimum Gasteiger partial charge on any atom is -0.493 e. The van der Waals surface area contributed by atoms with Gasteiger partial charge in [-0.15, -0.1) is 0 Å². The van der Waals surface area contributed by atoms with Gasteiger partial charge in [-0.2, -0.15) is 0 Å². The van der Waals surface area contributed by atoms with Gasteiger partial charge in [-0.3, -0.25) is 0 Å². The summed E-state index contributed by atoms with van der Waals surface area (Å²) < 4.78 is 5.62. The van der Waals surface area contributed by atoms with Crippen molar-refractivity contribution in [3.05, 3.63) is 23.6 Å². The lowest BCUT2D eigenvalue weighted by Gasteiger charge is -2.21. The molecule has 0 aliphatic heterocycles. The molecule has 0 aliphatic rings. The summed E-state index contributed by atoms with van der Waals surface area (Å²) in [6.07, 6.45) is 3.97. The van der Waals surface area contributed by atoms with Gasteiger partial charge >= 0.3 is 0 Å². The zero-order chi connectivity index (χ0) is 10.5. The van der Waals surface area contributed by atoms with Crippen LogP contribution in [0.2, 0.25) is 0 Å². The third-order valence-electron chi connectivity index (χ3n) is 1.43. The summed E-state index contributed by atoms with van der Waals surface area (Å²) in [7, 11) is 1.90. The summed E-state index contributed by atoms with van der Waals surface area (Å²) in [6.45, 7) is 10.1. The maximum atomic E-state index is 5.62. The van der Waals surface area contributed by atoms with Crippen LogP contribution in [0.3, 0.4) is 0 Å². The molecule has 0 fully saturated rings. The van der Waals surface area contributed by atoms with Crippen molar-refractivity contribution in [2.45, 2.75) is 40.2 Å². The maximum Gasteiger partial charge on any atom is 0.100 e. The molecule has 2 heteroatoms. The Hall–Kier alpha value is -0.920. The first-order valence-electron chi connectivity index (χ1n) is 4.57. The van der Waals surface area contributed by atoms with Crippen molar-refractivity contribution in [3.63, 3.8) is 0 Å². The number of hydrogen-bond donors (Lipinski definition) is 1. The van der Waals surface area contributed by atoms with Crippen molar-refractivity contribution in [1.82, 2.24) is 5.32 Å². The van der Waals surface area contributed by atoms with Crippen LogP contribution >= 0.6 is 0 Å². The van der Waals surface area contributed by atoms with E-state index in [0.29, 0.717) is 0 Å². The second-order valence-electron chi connectivity index (χ2n) is 4.09. The average molecular weight is 183 g/mol. The molecule has 0 unspecified atom stereocenters. The summed E-state index contributed by atoms with van der Waals surface area (Å²) >= 11 is 0. The largest absolute Gasteiger partial charge is 0.493 e. The minimum atomic E-state index is -0.109. The smallest absolute Gasteiger partial charge is 0.100 e. The molecule has 0 heterocycles. The van der Waals surface area contributed by atoms with Crippen molar-refractivity contribution < 1.29 is 4.74 Å². The van der Waals surface area contributed by atoms with Gasteiger partial charge in [0.15, 0.2) is 0 Å². The molecular weight excluding hydrogens is 162 g/mol. The third-order valence-corrected chi connectivity index (χ3v) is 1.43. The molecule has 1 N–H and O–H groups in total. The molecule has 0 aromatic heterocycles. The van der Waals surface area contributed by atoms with Crippen molar-refractivity contribution in [2.75, 3.05) is 7.05 Å². The van der Waals surface area contributed by atoms with E-state index in [4.69, 9.17) is 4.74 Å². The fraction of sp³-hybridized carbons (Fsp3) is 0.636. The molecule has 13 heavy (non-hydrogen) atoms. The lowest BCUT2D eigenvalue weighted by atomic mass is 10.2. The van der Waals surface area contributed by atoms with E-state index in [2.05, 4.69) is 5.32 Å².